The fraction of sp³-hybridized carbons (Fsp3) is 0.0800. The monoisotopic (exact) mass is 373 g/mol. The van der Waals surface area contributed by atoms with Crippen molar-refractivity contribution in [3.8, 4) is 11.3 Å². The van der Waals surface area contributed by atoms with Crippen LogP contribution in [-0.2, 0) is 0 Å². The van der Waals surface area contributed by atoms with Crippen LogP contribution in [0.1, 0.15) is 0 Å². The Hall–Kier alpha value is -3.53. The molecule has 4 aromatic rings. The highest BCUT2D eigenvalue weighted by molar-refractivity contribution is 7.00. The summed E-state index contributed by atoms with van der Waals surface area (Å²) in [6.07, 6.45) is 1.86. The average Bonchev–Trinajstić information content (AvgIpc) is 2.79. The molecule has 1 aromatic heterocycles. The van der Waals surface area contributed by atoms with Gasteiger partial charge in [-0.1, -0.05) is 42.5 Å². The highest BCUT2D eigenvalue weighted by atomic mass is 15.1. The van der Waals surface area contributed by atoms with Crippen molar-refractivity contribution in [2.75, 3.05) is 23.9 Å². The van der Waals surface area contributed by atoms with Crippen LogP contribution in [0.2, 0.25) is 0 Å². The minimum Gasteiger partial charge on any atom is -0.345 e. The third-order valence-corrected chi connectivity index (χ3v) is 6.34. The van der Waals surface area contributed by atoms with Crippen molar-refractivity contribution >= 4 is 45.9 Å². The lowest BCUT2D eigenvalue weighted by atomic mass is 9.33. The van der Waals surface area contributed by atoms with Gasteiger partial charge in [-0.15, -0.1) is 0 Å². The molecule has 0 saturated carbocycles. The van der Waals surface area contributed by atoms with Crippen LogP contribution in [0.25, 0.3) is 11.3 Å². The Kier molecular flexibility index (Phi) is 3.39. The van der Waals surface area contributed by atoms with Crippen molar-refractivity contribution in [3.05, 3.63) is 85.1 Å². The smallest absolute Gasteiger partial charge is 0.252 e. The number of rotatable bonds is 1. The van der Waals surface area contributed by atoms with Crippen molar-refractivity contribution in [2.24, 2.45) is 0 Å². The Bertz CT molecular complexity index is 1240. The van der Waals surface area contributed by atoms with Gasteiger partial charge in [-0.25, -0.2) is 0 Å². The van der Waals surface area contributed by atoms with Crippen molar-refractivity contribution in [1.29, 1.82) is 0 Å². The number of aromatic nitrogens is 1. The summed E-state index contributed by atoms with van der Waals surface area (Å²) in [5.41, 5.74) is 11.4. The van der Waals surface area contributed by atoms with Gasteiger partial charge in [0.25, 0.3) is 6.71 Å². The van der Waals surface area contributed by atoms with Gasteiger partial charge >= 0.3 is 0 Å². The second-order valence-corrected chi connectivity index (χ2v) is 7.81. The number of nitrogens with zero attached hydrogens (tertiary/aromatic N) is 3. The predicted molar refractivity (Wildman–Crippen MR) is 123 cm³/mol. The van der Waals surface area contributed by atoms with Gasteiger partial charge < -0.3 is 9.80 Å². The number of anilines is 4. The first-order valence-corrected chi connectivity index (χ1v) is 9.98. The molecular weight excluding hydrogens is 353 g/mol. The number of para-hydroxylation sites is 1. The minimum absolute atomic E-state index is 0.225. The molecule has 0 atom stereocenters. The summed E-state index contributed by atoms with van der Waals surface area (Å²) in [6, 6.07) is 28.3. The van der Waals surface area contributed by atoms with E-state index in [0.717, 1.165) is 11.3 Å². The van der Waals surface area contributed by atoms with Crippen LogP contribution >= 0.6 is 0 Å². The molecule has 0 bridgehead atoms. The quantitative estimate of drug-likeness (QED) is 0.477. The van der Waals surface area contributed by atoms with Gasteiger partial charge in [-0.05, 0) is 58.4 Å². The molecule has 0 fully saturated rings. The van der Waals surface area contributed by atoms with Crippen molar-refractivity contribution in [3.63, 3.8) is 0 Å². The van der Waals surface area contributed by atoms with E-state index in [1.165, 1.54) is 39.1 Å². The molecule has 3 nitrogen and oxygen atoms in total. The summed E-state index contributed by atoms with van der Waals surface area (Å²) in [5.74, 6) is 0. The van der Waals surface area contributed by atoms with Gasteiger partial charge in [0, 0.05) is 43.0 Å². The molecule has 0 amide bonds. The Morgan fingerprint density at radius 1 is 0.655 bits per heavy atom. The van der Waals surface area contributed by atoms with E-state index in [1.807, 2.05) is 18.3 Å². The molecule has 29 heavy (non-hydrogen) atoms. The van der Waals surface area contributed by atoms with Gasteiger partial charge in [0.1, 0.15) is 0 Å². The SMILES string of the molecule is CN1c2ccccc2B2c3cc(-c4ccccn4)ccc3N(C)c3cccc1c32. The average molecular weight is 373 g/mol. The highest BCUT2D eigenvalue weighted by Gasteiger charge is 2.40. The molecule has 0 spiro atoms. The lowest BCUT2D eigenvalue weighted by molar-refractivity contribution is 1.18. The van der Waals surface area contributed by atoms with E-state index < -0.39 is 0 Å². The lowest BCUT2D eigenvalue weighted by Crippen LogP contribution is -2.61. The lowest BCUT2D eigenvalue weighted by Gasteiger charge is -2.42. The van der Waals surface area contributed by atoms with Crippen LogP contribution in [0.5, 0.6) is 0 Å². The zero-order valence-corrected chi connectivity index (χ0v) is 16.5. The van der Waals surface area contributed by atoms with Crippen molar-refractivity contribution in [2.45, 2.75) is 0 Å². The first-order chi connectivity index (χ1) is 14.2. The molecule has 2 aliphatic heterocycles. The molecule has 6 rings (SSSR count). The summed E-state index contributed by atoms with van der Waals surface area (Å²) in [5, 5.41) is 0. The summed E-state index contributed by atoms with van der Waals surface area (Å²) in [6.45, 7) is 0.225. The maximum atomic E-state index is 4.58. The minimum atomic E-state index is 0.225. The second-order valence-electron chi connectivity index (χ2n) is 7.81. The van der Waals surface area contributed by atoms with Crippen molar-refractivity contribution in [1.82, 2.24) is 4.98 Å². The summed E-state index contributed by atoms with van der Waals surface area (Å²) >= 11 is 0. The molecule has 0 N–H and O–H groups in total. The van der Waals surface area contributed by atoms with Crippen LogP contribution in [0.15, 0.2) is 85.1 Å². The fourth-order valence-electron chi connectivity index (χ4n) is 4.98. The van der Waals surface area contributed by atoms with Crippen molar-refractivity contribution < 1.29 is 0 Å². The van der Waals surface area contributed by atoms with E-state index in [-0.39, 0.29) is 6.71 Å². The zero-order chi connectivity index (χ0) is 19.5. The summed E-state index contributed by atoms with van der Waals surface area (Å²) in [4.78, 5) is 9.23. The molecule has 0 radical (unpaired) electrons. The van der Waals surface area contributed by atoms with Gasteiger partial charge in [-0.3, -0.25) is 4.98 Å². The van der Waals surface area contributed by atoms with Gasteiger partial charge in [-0.2, -0.15) is 0 Å². The van der Waals surface area contributed by atoms with Crippen LogP contribution in [0.3, 0.4) is 0 Å². The largest absolute Gasteiger partial charge is 0.345 e. The molecule has 2 aliphatic rings. The first kappa shape index (κ1) is 16.4. The van der Waals surface area contributed by atoms with Gasteiger partial charge in [0.05, 0.1) is 5.69 Å². The Morgan fingerprint density at radius 3 is 2.10 bits per heavy atom. The van der Waals surface area contributed by atoms with Gasteiger partial charge in [0.15, 0.2) is 0 Å². The van der Waals surface area contributed by atoms with Crippen LogP contribution in [0, 0.1) is 0 Å². The summed E-state index contributed by atoms with van der Waals surface area (Å²) in [7, 11) is 4.34. The molecular formula is C25H20BN3. The highest BCUT2D eigenvalue weighted by Crippen LogP contribution is 2.36. The van der Waals surface area contributed by atoms with E-state index in [1.54, 1.807) is 0 Å². The second kappa shape index (κ2) is 5.98. The normalized spacial score (nSPS) is 13.7. The molecule has 0 saturated heterocycles. The maximum absolute atomic E-state index is 4.58. The molecule has 4 heteroatoms. The third kappa shape index (κ3) is 2.23. The van der Waals surface area contributed by atoms with E-state index in [2.05, 4.69) is 95.6 Å². The van der Waals surface area contributed by atoms with E-state index in [0.29, 0.717) is 0 Å². The Morgan fingerprint density at radius 2 is 1.34 bits per heavy atom. The van der Waals surface area contributed by atoms with Crippen LogP contribution in [-0.4, -0.2) is 25.8 Å². The maximum Gasteiger partial charge on any atom is 0.252 e. The number of hydrogen-bond donors (Lipinski definition) is 0. The Labute approximate surface area is 171 Å². The molecule has 138 valence electrons. The predicted octanol–water partition coefficient (Wildman–Crippen LogP) is 3.43. The number of pyridine rings is 1. The Balaban J connectivity index is 1.66. The number of fused-ring (bicyclic) bond motifs is 4. The van der Waals surface area contributed by atoms with Crippen LogP contribution in [0.4, 0.5) is 22.7 Å². The standard InChI is InChI=1S/C25H20BN3/c1-28-21-10-4-3-8-18(21)26-19-16-17(20-9-5-6-15-27-20)13-14-22(19)29(2)24-12-7-11-23(28)25(24)26/h3-16H,1-2H3. The fourth-order valence-corrected chi connectivity index (χ4v) is 4.98. The van der Waals surface area contributed by atoms with Gasteiger partial charge in [0.2, 0.25) is 0 Å². The van der Waals surface area contributed by atoms with E-state index in [4.69, 9.17) is 0 Å². The molecule has 0 aliphatic carbocycles. The third-order valence-electron chi connectivity index (χ3n) is 6.34. The molecule has 3 aromatic carbocycles. The number of hydrogen-bond acceptors (Lipinski definition) is 3. The van der Waals surface area contributed by atoms with E-state index >= 15 is 0 Å². The zero-order valence-electron chi connectivity index (χ0n) is 16.5. The molecule has 3 heterocycles. The topological polar surface area (TPSA) is 19.4 Å². The molecule has 0 unspecified atom stereocenters. The summed E-state index contributed by atoms with van der Waals surface area (Å²) < 4.78 is 0. The first-order valence-electron chi connectivity index (χ1n) is 9.98. The van der Waals surface area contributed by atoms with E-state index in [9.17, 15) is 0 Å². The number of benzene rings is 3. The van der Waals surface area contributed by atoms with Crippen LogP contribution < -0.4 is 26.2 Å².